The SMILES string of the molecule is COc1ccc(Cn2nc(C(=O)O)ccc2=O)cc1Br. The van der Waals surface area contributed by atoms with Crippen LogP contribution >= 0.6 is 15.9 Å². The molecule has 0 bridgehead atoms. The van der Waals surface area contributed by atoms with Crippen molar-refractivity contribution < 1.29 is 14.6 Å². The van der Waals surface area contributed by atoms with E-state index in [9.17, 15) is 9.59 Å². The van der Waals surface area contributed by atoms with Crippen LogP contribution in [0, 0.1) is 0 Å². The van der Waals surface area contributed by atoms with Crippen molar-refractivity contribution in [3.63, 3.8) is 0 Å². The molecule has 0 unspecified atom stereocenters. The van der Waals surface area contributed by atoms with E-state index in [1.165, 1.54) is 12.1 Å². The van der Waals surface area contributed by atoms with Gasteiger partial charge < -0.3 is 9.84 Å². The molecule has 1 aromatic carbocycles. The van der Waals surface area contributed by atoms with Crippen molar-refractivity contribution in [2.75, 3.05) is 7.11 Å². The molecule has 0 saturated carbocycles. The zero-order chi connectivity index (χ0) is 14.7. The minimum atomic E-state index is -1.17. The van der Waals surface area contributed by atoms with Gasteiger partial charge in [-0.05, 0) is 39.7 Å². The van der Waals surface area contributed by atoms with Gasteiger partial charge in [-0.3, -0.25) is 4.79 Å². The predicted octanol–water partition coefficient (Wildman–Crippen LogP) is 1.76. The molecule has 0 amide bonds. The van der Waals surface area contributed by atoms with E-state index in [1.54, 1.807) is 25.3 Å². The lowest BCUT2D eigenvalue weighted by atomic mass is 10.2. The average Bonchev–Trinajstić information content (AvgIpc) is 2.41. The Kier molecular flexibility index (Phi) is 4.19. The normalized spacial score (nSPS) is 10.3. The van der Waals surface area contributed by atoms with Crippen molar-refractivity contribution in [2.24, 2.45) is 0 Å². The quantitative estimate of drug-likeness (QED) is 0.918. The Labute approximate surface area is 122 Å². The smallest absolute Gasteiger partial charge is 0.356 e. The Hall–Kier alpha value is -2.15. The number of carboxylic acids is 1. The lowest BCUT2D eigenvalue weighted by Gasteiger charge is -2.08. The second-order valence-corrected chi connectivity index (χ2v) is 4.84. The van der Waals surface area contributed by atoms with Crippen LogP contribution in [0.25, 0.3) is 0 Å². The fraction of sp³-hybridized carbons (Fsp3) is 0.154. The van der Waals surface area contributed by atoms with Crippen LogP contribution in [0.4, 0.5) is 0 Å². The molecule has 20 heavy (non-hydrogen) atoms. The van der Waals surface area contributed by atoms with E-state index in [2.05, 4.69) is 21.0 Å². The fourth-order valence-corrected chi connectivity index (χ4v) is 2.25. The van der Waals surface area contributed by atoms with Crippen LogP contribution in [0.2, 0.25) is 0 Å². The molecule has 2 rings (SSSR count). The van der Waals surface area contributed by atoms with Crippen LogP contribution in [0.5, 0.6) is 5.75 Å². The fourth-order valence-electron chi connectivity index (χ4n) is 1.66. The maximum absolute atomic E-state index is 11.7. The van der Waals surface area contributed by atoms with Crippen molar-refractivity contribution in [2.45, 2.75) is 6.54 Å². The highest BCUT2D eigenvalue weighted by Gasteiger charge is 2.08. The van der Waals surface area contributed by atoms with Crippen molar-refractivity contribution in [1.29, 1.82) is 0 Å². The number of methoxy groups -OCH3 is 1. The van der Waals surface area contributed by atoms with E-state index in [0.29, 0.717) is 5.75 Å². The third-order valence-corrected chi connectivity index (χ3v) is 3.25. The molecule has 0 radical (unpaired) electrons. The lowest BCUT2D eigenvalue weighted by molar-refractivity contribution is 0.0687. The highest BCUT2D eigenvalue weighted by atomic mass is 79.9. The molecule has 0 fully saturated rings. The summed E-state index contributed by atoms with van der Waals surface area (Å²) in [7, 11) is 1.56. The maximum Gasteiger partial charge on any atom is 0.356 e. The Morgan fingerprint density at radius 2 is 2.15 bits per heavy atom. The van der Waals surface area contributed by atoms with Gasteiger partial charge in [-0.25, -0.2) is 9.48 Å². The molecule has 6 nitrogen and oxygen atoms in total. The second-order valence-electron chi connectivity index (χ2n) is 3.99. The molecular formula is C13H11BrN2O4. The Morgan fingerprint density at radius 3 is 2.75 bits per heavy atom. The van der Waals surface area contributed by atoms with Crippen molar-refractivity contribution in [3.8, 4) is 5.75 Å². The number of aromatic nitrogens is 2. The summed E-state index contributed by atoms with van der Waals surface area (Å²) in [5, 5.41) is 12.7. The Balaban J connectivity index is 2.34. The molecule has 2 aromatic rings. The predicted molar refractivity (Wildman–Crippen MR) is 75.3 cm³/mol. The van der Waals surface area contributed by atoms with Gasteiger partial charge in [-0.15, -0.1) is 0 Å². The number of ether oxygens (including phenoxy) is 1. The number of benzene rings is 1. The van der Waals surface area contributed by atoms with Gasteiger partial charge in [0.15, 0.2) is 5.69 Å². The monoisotopic (exact) mass is 338 g/mol. The molecule has 1 N–H and O–H groups in total. The molecule has 104 valence electrons. The zero-order valence-electron chi connectivity index (χ0n) is 10.5. The van der Waals surface area contributed by atoms with Gasteiger partial charge in [0.05, 0.1) is 18.1 Å². The Morgan fingerprint density at radius 1 is 1.40 bits per heavy atom. The summed E-state index contributed by atoms with van der Waals surface area (Å²) in [5.41, 5.74) is 0.272. The van der Waals surface area contributed by atoms with Crippen LogP contribution in [0.15, 0.2) is 39.6 Å². The molecule has 0 atom stereocenters. The molecule has 7 heteroatoms. The summed E-state index contributed by atoms with van der Waals surface area (Å²) >= 11 is 3.35. The molecule has 0 aliphatic rings. The van der Waals surface area contributed by atoms with Crippen molar-refractivity contribution in [3.05, 3.63) is 56.4 Å². The van der Waals surface area contributed by atoms with E-state index in [0.717, 1.165) is 14.7 Å². The van der Waals surface area contributed by atoms with Gasteiger partial charge in [0.25, 0.3) is 5.56 Å². The number of carbonyl (C=O) groups is 1. The molecule has 0 saturated heterocycles. The second kappa shape index (κ2) is 5.87. The van der Waals surface area contributed by atoms with E-state index in [4.69, 9.17) is 9.84 Å². The minimum absolute atomic E-state index is 0.169. The molecular weight excluding hydrogens is 328 g/mol. The van der Waals surface area contributed by atoms with Crippen LogP contribution in [-0.2, 0) is 6.54 Å². The lowest BCUT2D eigenvalue weighted by Crippen LogP contribution is -2.24. The third kappa shape index (κ3) is 3.05. The molecule has 0 aliphatic heterocycles. The number of halogens is 1. The Bertz CT molecular complexity index is 712. The van der Waals surface area contributed by atoms with Crippen LogP contribution < -0.4 is 10.3 Å². The van der Waals surface area contributed by atoms with E-state index in [-0.39, 0.29) is 17.8 Å². The summed E-state index contributed by atoms with van der Waals surface area (Å²) in [6.45, 7) is 0.183. The number of carboxylic acid groups (broad SMARTS) is 1. The summed E-state index contributed by atoms with van der Waals surface area (Å²) in [6.07, 6.45) is 0. The number of rotatable bonds is 4. The van der Waals surface area contributed by atoms with E-state index >= 15 is 0 Å². The van der Waals surface area contributed by atoms with Gasteiger partial charge in [-0.2, -0.15) is 5.10 Å². The van der Waals surface area contributed by atoms with Crippen molar-refractivity contribution in [1.82, 2.24) is 9.78 Å². The first-order valence-electron chi connectivity index (χ1n) is 5.65. The average molecular weight is 339 g/mol. The van der Waals surface area contributed by atoms with Gasteiger partial charge in [-0.1, -0.05) is 6.07 Å². The minimum Gasteiger partial charge on any atom is -0.496 e. The molecule has 1 aromatic heterocycles. The topological polar surface area (TPSA) is 81.4 Å². The standard InChI is InChI=1S/C13H11BrN2O4/c1-20-11-4-2-8(6-9(11)14)7-16-12(17)5-3-10(15-16)13(18)19/h2-6H,7H2,1H3,(H,18,19). The number of nitrogens with zero attached hydrogens (tertiary/aromatic N) is 2. The van der Waals surface area contributed by atoms with E-state index in [1.807, 2.05) is 0 Å². The largest absolute Gasteiger partial charge is 0.496 e. The third-order valence-electron chi connectivity index (χ3n) is 2.63. The maximum atomic E-state index is 11.7. The molecule has 0 spiro atoms. The van der Waals surface area contributed by atoms with Crippen LogP contribution in [0.3, 0.4) is 0 Å². The number of hydrogen-bond donors (Lipinski definition) is 1. The van der Waals surface area contributed by atoms with Gasteiger partial charge >= 0.3 is 5.97 Å². The first-order valence-corrected chi connectivity index (χ1v) is 6.44. The van der Waals surface area contributed by atoms with Crippen molar-refractivity contribution >= 4 is 21.9 Å². The summed E-state index contributed by atoms with van der Waals surface area (Å²) in [5.74, 6) is -0.497. The van der Waals surface area contributed by atoms with Gasteiger partial charge in [0.2, 0.25) is 0 Å². The first kappa shape index (κ1) is 14.3. The number of aromatic carboxylic acids is 1. The highest BCUT2D eigenvalue weighted by Crippen LogP contribution is 2.25. The van der Waals surface area contributed by atoms with Gasteiger partial charge in [0.1, 0.15) is 5.75 Å². The van der Waals surface area contributed by atoms with E-state index < -0.39 is 5.97 Å². The van der Waals surface area contributed by atoms with Crippen LogP contribution in [-0.4, -0.2) is 28.0 Å². The van der Waals surface area contributed by atoms with Crippen LogP contribution in [0.1, 0.15) is 16.1 Å². The zero-order valence-corrected chi connectivity index (χ0v) is 12.1. The highest BCUT2D eigenvalue weighted by molar-refractivity contribution is 9.10. The molecule has 1 heterocycles. The number of hydrogen-bond acceptors (Lipinski definition) is 4. The van der Waals surface area contributed by atoms with Gasteiger partial charge in [0, 0.05) is 6.07 Å². The summed E-state index contributed by atoms with van der Waals surface area (Å²) < 4.78 is 6.97. The summed E-state index contributed by atoms with van der Waals surface area (Å²) in [4.78, 5) is 22.5. The first-order chi connectivity index (χ1) is 9.51. The summed E-state index contributed by atoms with van der Waals surface area (Å²) in [6, 6.07) is 7.71. The molecule has 0 aliphatic carbocycles.